The highest BCUT2D eigenvalue weighted by Gasteiger charge is 2.15. The van der Waals surface area contributed by atoms with Crippen molar-refractivity contribution in [3.63, 3.8) is 0 Å². The molecule has 0 fully saturated rings. The Morgan fingerprint density at radius 1 is 1.10 bits per heavy atom. The summed E-state index contributed by atoms with van der Waals surface area (Å²) in [4.78, 5) is 23.0. The average Bonchev–Trinajstić information content (AvgIpc) is 2.48. The van der Waals surface area contributed by atoms with Gasteiger partial charge in [-0.15, -0.1) is 0 Å². The highest BCUT2D eigenvalue weighted by molar-refractivity contribution is 5.98. The van der Waals surface area contributed by atoms with Crippen LogP contribution in [0.3, 0.4) is 0 Å². The maximum Gasteiger partial charge on any atom is 0.354 e. The van der Waals surface area contributed by atoms with E-state index in [1.807, 2.05) is 19.9 Å². The zero-order valence-electron chi connectivity index (χ0n) is 12.8. The minimum atomic E-state index is -0.667. The van der Waals surface area contributed by atoms with Gasteiger partial charge in [0.15, 0.2) is 0 Å². The highest BCUT2D eigenvalue weighted by Crippen LogP contribution is 2.30. The van der Waals surface area contributed by atoms with Gasteiger partial charge >= 0.3 is 11.9 Å². The smallest absolute Gasteiger partial charge is 0.354 e. The number of anilines is 1. The fourth-order valence-corrected chi connectivity index (χ4v) is 1.85. The molecule has 1 aromatic carbocycles. The molecular formula is C15H19NO5. The Morgan fingerprint density at radius 3 is 2.29 bits per heavy atom. The lowest BCUT2D eigenvalue weighted by Gasteiger charge is -2.15. The van der Waals surface area contributed by atoms with Crippen LogP contribution in [0.1, 0.15) is 11.1 Å². The maximum absolute atomic E-state index is 11.7. The van der Waals surface area contributed by atoms with Gasteiger partial charge in [0.05, 0.1) is 27.4 Å². The lowest BCUT2D eigenvalue weighted by atomic mass is 10.1. The minimum absolute atomic E-state index is 0.0154. The normalized spacial score (nSPS) is 10.8. The first-order chi connectivity index (χ1) is 9.94. The summed E-state index contributed by atoms with van der Waals surface area (Å²) >= 11 is 0. The molecule has 0 aliphatic heterocycles. The van der Waals surface area contributed by atoms with Gasteiger partial charge in [-0.1, -0.05) is 6.07 Å². The Morgan fingerprint density at radius 2 is 1.76 bits per heavy atom. The van der Waals surface area contributed by atoms with Crippen molar-refractivity contribution in [2.24, 2.45) is 0 Å². The second-order valence-electron chi connectivity index (χ2n) is 4.29. The van der Waals surface area contributed by atoms with Crippen molar-refractivity contribution in [3.05, 3.63) is 35.0 Å². The molecular weight excluding hydrogens is 274 g/mol. The molecule has 1 N–H and O–H groups in total. The van der Waals surface area contributed by atoms with Crippen molar-refractivity contribution in [1.29, 1.82) is 0 Å². The van der Waals surface area contributed by atoms with Crippen LogP contribution in [-0.2, 0) is 19.1 Å². The minimum Gasteiger partial charge on any atom is -0.496 e. The fraction of sp³-hybridized carbons (Fsp3) is 0.333. The second kappa shape index (κ2) is 7.33. The summed E-state index contributed by atoms with van der Waals surface area (Å²) in [5, 5.41) is 2.87. The van der Waals surface area contributed by atoms with Gasteiger partial charge in [-0.3, -0.25) is 0 Å². The number of carbonyl (C=O) groups excluding carboxylic acids is 2. The molecule has 6 nitrogen and oxygen atoms in total. The average molecular weight is 293 g/mol. The molecule has 1 aromatic rings. The molecule has 0 spiro atoms. The van der Waals surface area contributed by atoms with Gasteiger partial charge in [-0.25, -0.2) is 9.59 Å². The quantitative estimate of drug-likeness (QED) is 0.661. The summed E-state index contributed by atoms with van der Waals surface area (Å²) in [5.41, 5.74) is 2.41. The Balaban J connectivity index is 3.19. The largest absolute Gasteiger partial charge is 0.496 e. The topological polar surface area (TPSA) is 73.9 Å². The van der Waals surface area contributed by atoms with E-state index in [0.29, 0.717) is 11.4 Å². The summed E-state index contributed by atoms with van der Waals surface area (Å²) < 4.78 is 14.5. The van der Waals surface area contributed by atoms with Gasteiger partial charge in [-0.2, -0.15) is 0 Å². The molecule has 0 aliphatic carbocycles. The van der Waals surface area contributed by atoms with Crippen LogP contribution >= 0.6 is 0 Å². The molecule has 0 saturated carbocycles. The molecule has 114 valence electrons. The van der Waals surface area contributed by atoms with Crippen molar-refractivity contribution in [2.45, 2.75) is 13.8 Å². The van der Waals surface area contributed by atoms with Gasteiger partial charge in [0.2, 0.25) is 0 Å². The lowest BCUT2D eigenvalue weighted by Crippen LogP contribution is -2.16. The van der Waals surface area contributed by atoms with Crippen molar-refractivity contribution in [3.8, 4) is 5.75 Å². The molecule has 6 heteroatoms. The van der Waals surface area contributed by atoms with E-state index in [1.54, 1.807) is 13.2 Å². The number of nitrogens with one attached hydrogen (secondary N) is 1. The van der Waals surface area contributed by atoms with Crippen molar-refractivity contribution >= 4 is 17.6 Å². The summed E-state index contributed by atoms with van der Waals surface area (Å²) in [5.74, 6) is -0.610. The number of rotatable bonds is 5. The van der Waals surface area contributed by atoms with Gasteiger partial charge in [0.1, 0.15) is 11.4 Å². The van der Waals surface area contributed by atoms with E-state index in [-0.39, 0.29) is 5.70 Å². The van der Waals surface area contributed by atoms with Crippen LogP contribution in [0.15, 0.2) is 23.9 Å². The molecule has 0 unspecified atom stereocenters. The first-order valence-electron chi connectivity index (χ1n) is 6.23. The van der Waals surface area contributed by atoms with E-state index in [2.05, 4.69) is 14.8 Å². The first-order valence-corrected chi connectivity index (χ1v) is 6.23. The van der Waals surface area contributed by atoms with Crippen LogP contribution in [0.2, 0.25) is 0 Å². The molecule has 0 saturated heterocycles. The molecule has 0 heterocycles. The maximum atomic E-state index is 11.7. The third-order valence-electron chi connectivity index (χ3n) is 2.94. The zero-order valence-corrected chi connectivity index (χ0v) is 12.8. The molecule has 1 rings (SSSR count). The van der Waals surface area contributed by atoms with Gasteiger partial charge in [-0.05, 0) is 25.5 Å². The summed E-state index contributed by atoms with van der Waals surface area (Å²) in [6, 6.07) is 3.64. The van der Waals surface area contributed by atoms with Gasteiger partial charge in [0.25, 0.3) is 0 Å². The molecule has 0 amide bonds. The monoisotopic (exact) mass is 293 g/mol. The number of ether oxygens (including phenoxy) is 3. The SMILES string of the molecule is COC(=O)/C=C(\Nc1ccc(C)c(OC)c1C)C(=O)OC. The van der Waals surface area contributed by atoms with Gasteiger partial charge in [0, 0.05) is 11.3 Å². The molecule has 0 aliphatic rings. The van der Waals surface area contributed by atoms with E-state index in [4.69, 9.17) is 4.74 Å². The van der Waals surface area contributed by atoms with Crippen molar-refractivity contribution in [1.82, 2.24) is 0 Å². The van der Waals surface area contributed by atoms with Crippen LogP contribution < -0.4 is 10.1 Å². The van der Waals surface area contributed by atoms with Crippen LogP contribution in [-0.4, -0.2) is 33.3 Å². The fourth-order valence-electron chi connectivity index (χ4n) is 1.85. The van der Waals surface area contributed by atoms with Crippen molar-refractivity contribution < 1.29 is 23.8 Å². The highest BCUT2D eigenvalue weighted by atomic mass is 16.5. The Kier molecular flexibility index (Phi) is 5.78. The summed E-state index contributed by atoms with van der Waals surface area (Å²) in [6.45, 7) is 3.77. The standard InChI is InChI=1S/C15H19NO5/c1-9-6-7-11(10(2)14(9)20-4)16-12(15(18)21-5)8-13(17)19-3/h6-8,16H,1-5H3/b12-8-. The predicted octanol–water partition coefficient (Wildman–Crippen LogP) is 1.95. The summed E-state index contributed by atoms with van der Waals surface area (Å²) in [7, 11) is 4.04. The number of esters is 2. The van der Waals surface area contributed by atoms with Crippen LogP contribution in [0.5, 0.6) is 5.75 Å². The van der Waals surface area contributed by atoms with Gasteiger partial charge < -0.3 is 19.5 Å². The molecule has 0 radical (unpaired) electrons. The van der Waals surface area contributed by atoms with E-state index in [0.717, 1.165) is 17.2 Å². The van der Waals surface area contributed by atoms with Crippen molar-refractivity contribution in [2.75, 3.05) is 26.6 Å². The second-order valence-corrected chi connectivity index (χ2v) is 4.29. The van der Waals surface area contributed by atoms with E-state index in [9.17, 15) is 9.59 Å². The Hall–Kier alpha value is -2.50. The number of hydrogen-bond acceptors (Lipinski definition) is 6. The molecule has 0 atom stereocenters. The molecule has 0 bridgehead atoms. The van der Waals surface area contributed by atoms with E-state index >= 15 is 0 Å². The predicted molar refractivity (Wildman–Crippen MR) is 78.2 cm³/mol. The van der Waals surface area contributed by atoms with Crippen LogP contribution in [0.4, 0.5) is 5.69 Å². The van der Waals surface area contributed by atoms with E-state index < -0.39 is 11.9 Å². The van der Waals surface area contributed by atoms with Crippen LogP contribution in [0, 0.1) is 13.8 Å². The third kappa shape index (κ3) is 3.98. The number of carbonyl (C=O) groups is 2. The first kappa shape index (κ1) is 16.6. The zero-order chi connectivity index (χ0) is 16.0. The lowest BCUT2D eigenvalue weighted by molar-refractivity contribution is -0.138. The number of methoxy groups -OCH3 is 3. The third-order valence-corrected chi connectivity index (χ3v) is 2.94. The Labute approximate surface area is 123 Å². The number of hydrogen-bond donors (Lipinski definition) is 1. The van der Waals surface area contributed by atoms with E-state index in [1.165, 1.54) is 14.2 Å². The number of benzene rings is 1. The molecule has 21 heavy (non-hydrogen) atoms. The Bertz CT molecular complexity index is 578. The summed E-state index contributed by atoms with van der Waals surface area (Å²) in [6.07, 6.45) is 1.04. The van der Waals surface area contributed by atoms with Crippen LogP contribution in [0.25, 0.3) is 0 Å². The molecule has 0 aromatic heterocycles. The number of aryl methyl sites for hydroxylation is 1.